The van der Waals surface area contributed by atoms with Crippen LogP contribution in [0.15, 0.2) is 36.4 Å². The summed E-state index contributed by atoms with van der Waals surface area (Å²) < 4.78 is 5.88. The van der Waals surface area contributed by atoms with Gasteiger partial charge in [0, 0.05) is 17.9 Å². The van der Waals surface area contributed by atoms with Crippen molar-refractivity contribution in [2.24, 2.45) is 0 Å². The summed E-state index contributed by atoms with van der Waals surface area (Å²) in [5.74, 6) is 0.949. The number of nitrogens with two attached hydrogens (primary N) is 1. The summed E-state index contributed by atoms with van der Waals surface area (Å²) in [5, 5.41) is 0. The molecule has 1 heterocycles. The van der Waals surface area contributed by atoms with Crippen LogP contribution in [0.4, 0.5) is 11.4 Å². The smallest absolute Gasteiger partial charge is 0.119 e. The van der Waals surface area contributed by atoms with Gasteiger partial charge < -0.3 is 15.4 Å². The van der Waals surface area contributed by atoms with Gasteiger partial charge in [0.2, 0.25) is 0 Å². The molecule has 0 atom stereocenters. The summed E-state index contributed by atoms with van der Waals surface area (Å²) in [6.07, 6.45) is 1.10. The lowest BCUT2D eigenvalue weighted by molar-refractivity contribution is 0.324. The molecule has 1 aliphatic rings. The zero-order valence-electron chi connectivity index (χ0n) is 12.7. The van der Waals surface area contributed by atoms with Crippen LogP contribution in [0.3, 0.4) is 0 Å². The van der Waals surface area contributed by atoms with Gasteiger partial charge in [-0.25, -0.2) is 0 Å². The van der Waals surface area contributed by atoms with Crippen molar-refractivity contribution in [3.8, 4) is 5.75 Å². The van der Waals surface area contributed by atoms with Crippen LogP contribution in [-0.2, 0) is 6.42 Å². The van der Waals surface area contributed by atoms with E-state index >= 15 is 0 Å². The number of ether oxygens (including phenoxy) is 1. The third kappa shape index (κ3) is 2.97. The van der Waals surface area contributed by atoms with Gasteiger partial charge in [-0.2, -0.15) is 0 Å². The van der Waals surface area contributed by atoms with E-state index in [0.717, 1.165) is 30.9 Å². The van der Waals surface area contributed by atoms with Gasteiger partial charge in [0.15, 0.2) is 0 Å². The Hall–Kier alpha value is -2.16. The topological polar surface area (TPSA) is 38.5 Å². The minimum Gasteiger partial charge on any atom is -0.492 e. The van der Waals surface area contributed by atoms with Crippen molar-refractivity contribution in [3.63, 3.8) is 0 Å². The Morgan fingerprint density at radius 1 is 1.10 bits per heavy atom. The Labute approximate surface area is 126 Å². The molecule has 0 saturated carbocycles. The third-order valence-corrected chi connectivity index (χ3v) is 4.21. The molecule has 0 bridgehead atoms. The molecular weight excluding hydrogens is 260 g/mol. The van der Waals surface area contributed by atoms with Crippen molar-refractivity contribution in [2.75, 3.05) is 30.3 Å². The van der Waals surface area contributed by atoms with Crippen molar-refractivity contribution >= 4 is 11.4 Å². The molecule has 0 amide bonds. The van der Waals surface area contributed by atoms with Crippen LogP contribution in [0.1, 0.15) is 16.7 Å². The lowest BCUT2D eigenvalue weighted by Gasteiger charge is -2.20. The van der Waals surface area contributed by atoms with Crippen molar-refractivity contribution in [1.82, 2.24) is 0 Å². The molecule has 3 heteroatoms. The number of anilines is 2. The van der Waals surface area contributed by atoms with E-state index in [9.17, 15) is 0 Å². The fraction of sp³-hybridized carbons (Fsp3) is 0.333. The van der Waals surface area contributed by atoms with Crippen LogP contribution in [-0.4, -0.2) is 19.7 Å². The molecule has 0 spiro atoms. The molecule has 0 fully saturated rings. The number of rotatable bonds is 4. The van der Waals surface area contributed by atoms with Crippen LogP contribution in [0.5, 0.6) is 5.75 Å². The number of nitrogen functional groups attached to an aromatic ring is 1. The van der Waals surface area contributed by atoms with Gasteiger partial charge in [0.05, 0.1) is 6.54 Å². The van der Waals surface area contributed by atoms with Gasteiger partial charge in [0.25, 0.3) is 0 Å². The van der Waals surface area contributed by atoms with E-state index in [-0.39, 0.29) is 0 Å². The van der Waals surface area contributed by atoms with E-state index in [1.54, 1.807) is 0 Å². The molecule has 3 rings (SSSR count). The van der Waals surface area contributed by atoms with E-state index in [0.29, 0.717) is 6.61 Å². The molecule has 3 nitrogen and oxygen atoms in total. The summed E-state index contributed by atoms with van der Waals surface area (Å²) >= 11 is 0. The second-order valence-corrected chi connectivity index (χ2v) is 5.72. The van der Waals surface area contributed by atoms with Gasteiger partial charge in [-0.05, 0) is 61.2 Å². The van der Waals surface area contributed by atoms with Crippen molar-refractivity contribution in [2.45, 2.75) is 20.3 Å². The Morgan fingerprint density at radius 3 is 2.76 bits per heavy atom. The highest BCUT2D eigenvalue weighted by atomic mass is 16.5. The van der Waals surface area contributed by atoms with E-state index in [4.69, 9.17) is 10.5 Å². The quantitative estimate of drug-likeness (QED) is 0.874. The summed E-state index contributed by atoms with van der Waals surface area (Å²) in [4.78, 5) is 2.35. The second-order valence-electron chi connectivity index (χ2n) is 5.72. The third-order valence-electron chi connectivity index (χ3n) is 4.21. The van der Waals surface area contributed by atoms with Gasteiger partial charge in [-0.3, -0.25) is 0 Å². The maximum atomic E-state index is 5.89. The van der Waals surface area contributed by atoms with Crippen LogP contribution in [0.2, 0.25) is 0 Å². The highest BCUT2D eigenvalue weighted by Crippen LogP contribution is 2.29. The number of aryl methyl sites for hydroxylation is 2. The van der Waals surface area contributed by atoms with E-state index in [2.05, 4.69) is 43.0 Å². The van der Waals surface area contributed by atoms with Crippen molar-refractivity contribution in [3.05, 3.63) is 53.1 Å². The van der Waals surface area contributed by atoms with Gasteiger partial charge in [-0.15, -0.1) is 0 Å². The van der Waals surface area contributed by atoms with Gasteiger partial charge >= 0.3 is 0 Å². The van der Waals surface area contributed by atoms with Crippen LogP contribution >= 0.6 is 0 Å². The lowest BCUT2D eigenvalue weighted by Crippen LogP contribution is -2.26. The molecule has 110 valence electrons. The normalized spacial score (nSPS) is 13.3. The van der Waals surface area contributed by atoms with Crippen molar-refractivity contribution < 1.29 is 4.74 Å². The zero-order valence-corrected chi connectivity index (χ0v) is 12.7. The molecule has 0 aromatic heterocycles. The summed E-state index contributed by atoms with van der Waals surface area (Å²) in [6.45, 7) is 6.86. The number of nitrogens with zero attached hydrogens (tertiary/aromatic N) is 1. The lowest BCUT2D eigenvalue weighted by atomic mass is 10.1. The molecule has 2 aromatic rings. The molecule has 2 N–H and O–H groups in total. The number of hydrogen-bond acceptors (Lipinski definition) is 3. The first kappa shape index (κ1) is 13.8. The Kier molecular flexibility index (Phi) is 3.74. The van der Waals surface area contributed by atoms with Crippen LogP contribution in [0, 0.1) is 13.8 Å². The Balaban J connectivity index is 1.60. The number of hydrogen-bond donors (Lipinski definition) is 1. The fourth-order valence-electron chi connectivity index (χ4n) is 2.77. The number of fused-ring (bicyclic) bond motifs is 1. The first-order chi connectivity index (χ1) is 10.1. The van der Waals surface area contributed by atoms with Gasteiger partial charge in [-0.1, -0.05) is 12.1 Å². The standard InChI is InChI=1S/C18H22N2O/c1-13-3-6-17(11-14(13)2)21-10-9-20-8-7-15-4-5-16(19)12-18(15)20/h3-6,11-12H,7-10,19H2,1-2H3. The summed E-state index contributed by atoms with van der Waals surface area (Å²) in [5.41, 5.74) is 11.9. The molecule has 1 aliphatic heterocycles. The van der Waals surface area contributed by atoms with E-state index < -0.39 is 0 Å². The zero-order chi connectivity index (χ0) is 14.8. The molecule has 0 saturated heterocycles. The average molecular weight is 282 g/mol. The summed E-state index contributed by atoms with van der Waals surface area (Å²) in [7, 11) is 0. The maximum absolute atomic E-state index is 5.89. The molecule has 0 unspecified atom stereocenters. The van der Waals surface area contributed by atoms with Crippen LogP contribution < -0.4 is 15.4 Å². The number of benzene rings is 2. The highest BCUT2D eigenvalue weighted by Gasteiger charge is 2.18. The predicted molar refractivity (Wildman–Crippen MR) is 88.2 cm³/mol. The Bertz CT molecular complexity index is 652. The molecule has 21 heavy (non-hydrogen) atoms. The minimum absolute atomic E-state index is 0.691. The van der Waals surface area contributed by atoms with Gasteiger partial charge in [0.1, 0.15) is 12.4 Å². The molecule has 0 aliphatic carbocycles. The predicted octanol–water partition coefficient (Wildman–Crippen LogP) is 3.33. The average Bonchev–Trinajstić information content (AvgIpc) is 2.85. The fourth-order valence-corrected chi connectivity index (χ4v) is 2.77. The SMILES string of the molecule is Cc1ccc(OCCN2CCc3ccc(N)cc32)cc1C. The first-order valence-corrected chi connectivity index (χ1v) is 7.47. The minimum atomic E-state index is 0.691. The van der Waals surface area contributed by atoms with Crippen molar-refractivity contribution in [1.29, 1.82) is 0 Å². The summed E-state index contributed by atoms with van der Waals surface area (Å²) in [6, 6.07) is 12.4. The molecule has 0 radical (unpaired) electrons. The van der Waals surface area contributed by atoms with Crippen LogP contribution in [0.25, 0.3) is 0 Å². The first-order valence-electron chi connectivity index (χ1n) is 7.47. The monoisotopic (exact) mass is 282 g/mol. The second kappa shape index (κ2) is 5.68. The van der Waals surface area contributed by atoms with E-state index in [1.807, 2.05) is 12.1 Å². The molecular formula is C18H22N2O. The largest absolute Gasteiger partial charge is 0.492 e. The van der Waals surface area contributed by atoms with E-state index in [1.165, 1.54) is 22.4 Å². The highest BCUT2D eigenvalue weighted by molar-refractivity contribution is 5.64. The Morgan fingerprint density at radius 2 is 1.95 bits per heavy atom. The maximum Gasteiger partial charge on any atom is 0.119 e. The molecule has 2 aromatic carbocycles.